The minimum absolute atomic E-state index is 0.726. The molecule has 4 atom stereocenters. The second kappa shape index (κ2) is 2.61. The maximum Gasteiger partial charge on any atom is 0.101 e. The first kappa shape index (κ1) is 10.1. The van der Waals surface area contributed by atoms with E-state index in [-0.39, 0.29) is 0 Å². The number of likely N-dealkylation sites (tertiary alicyclic amines) is 1. The van der Waals surface area contributed by atoms with Crippen molar-refractivity contribution in [2.24, 2.45) is 16.7 Å². The highest BCUT2D eigenvalue weighted by Gasteiger charge is 2.79. The lowest BCUT2D eigenvalue weighted by molar-refractivity contribution is -1.01. The summed E-state index contributed by atoms with van der Waals surface area (Å²) in [5.74, 6) is 0.999. The van der Waals surface area contributed by atoms with Gasteiger partial charge in [-0.05, 0) is 38.0 Å². The predicted molar refractivity (Wildman–Crippen MR) is 63.6 cm³/mol. The zero-order valence-electron chi connectivity index (χ0n) is 10.8. The first-order valence-corrected chi connectivity index (χ1v) is 6.90. The molecule has 3 fully saturated rings. The summed E-state index contributed by atoms with van der Waals surface area (Å²) < 4.78 is 1.45. The van der Waals surface area contributed by atoms with E-state index >= 15 is 0 Å². The van der Waals surface area contributed by atoms with Crippen molar-refractivity contribution in [3.63, 3.8) is 0 Å². The topological polar surface area (TPSA) is 0 Å². The van der Waals surface area contributed by atoms with Crippen molar-refractivity contribution in [1.29, 1.82) is 0 Å². The Labute approximate surface area is 94.4 Å². The monoisotopic (exact) mass is 208 g/mol. The summed E-state index contributed by atoms with van der Waals surface area (Å²) in [4.78, 5) is 0. The smallest absolute Gasteiger partial charge is 0.101 e. The van der Waals surface area contributed by atoms with Gasteiger partial charge in [0.15, 0.2) is 0 Å². The number of nitrogens with zero attached hydrogens (tertiary/aromatic N) is 1. The Balaban J connectivity index is 1.90. The number of rotatable bonds is 2. The maximum atomic E-state index is 2.58. The average molecular weight is 208 g/mol. The molecule has 0 N–H and O–H groups in total. The zero-order chi connectivity index (χ0) is 10.9. The Kier molecular flexibility index (Phi) is 1.77. The lowest BCUT2D eigenvalue weighted by atomic mass is 9.42. The highest BCUT2D eigenvalue weighted by Crippen LogP contribution is 2.76. The van der Waals surface area contributed by atoms with Crippen LogP contribution in [0.25, 0.3) is 0 Å². The molecule has 15 heavy (non-hydrogen) atoms. The van der Waals surface area contributed by atoms with Crippen molar-refractivity contribution in [3.8, 4) is 0 Å². The largest absolute Gasteiger partial charge is 0.320 e. The number of hydrogen-bond donors (Lipinski definition) is 0. The SMILES string of the molecule is CC[N+]1(CC)CC23CC(C)C2(C)CCC31. The average Bonchev–Trinajstić information content (AvgIpc) is 2.39. The second-order valence-electron chi connectivity index (χ2n) is 6.74. The molecule has 86 valence electrons. The zero-order valence-corrected chi connectivity index (χ0v) is 10.8. The maximum absolute atomic E-state index is 2.58. The molecule has 0 aromatic carbocycles. The molecule has 3 aliphatic rings. The van der Waals surface area contributed by atoms with Gasteiger partial charge >= 0.3 is 0 Å². The van der Waals surface area contributed by atoms with E-state index in [1.807, 2.05) is 0 Å². The summed E-state index contributed by atoms with van der Waals surface area (Å²) >= 11 is 0. The van der Waals surface area contributed by atoms with Crippen LogP contribution in [-0.2, 0) is 0 Å². The third-order valence-corrected chi connectivity index (χ3v) is 6.99. The van der Waals surface area contributed by atoms with E-state index in [0.717, 1.165) is 22.8 Å². The molecule has 0 radical (unpaired) electrons. The van der Waals surface area contributed by atoms with Gasteiger partial charge in [-0.15, -0.1) is 0 Å². The van der Waals surface area contributed by atoms with E-state index in [9.17, 15) is 0 Å². The first-order chi connectivity index (χ1) is 7.05. The van der Waals surface area contributed by atoms with Crippen molar-refractivity contribution >= 4 is 0 Å². The molecule has 0 amide bonds. The van der Waals surface area contributed by atoms with Crippen molar-refractivity contribution in [2.75, 3.05) is 19.6 Å². The van der Waals surface area contributed by atoms with Crippen LogP contribution in [0, 0.1) is 16.7 Å². The predicted octanol–water partition coefficient (Wildman–Crippen LogP) is 3.05. The van der Waals surface area contributed by atoms with E-state index in [1.165, 1.54) is 43.4 Å². The van der Waals surface area contributed by atoms with E-state index in [1.54, 1.807) is 0 Å². The van der Waals surface area contributed by atoms with Crippen LogP contribution in [0.15, 0.2) is 0 Å². The number of quaternary nitrogens is 1. The molecule has 3 rings (SSSR count). The molecular weight excluding hydrogens is 182 g/mol. The van der Waals surface area contributed by atoms with E-state index in [0.29, 0.717) is 0 Å². The molecule has 4 unspecified atom stereocenters. The number of hydrogen-bond acceptors (Lipinski definition) is 0. The molecule has 2 aliphatic carbocycles. The standard InChI is InChI=1S/C14H26N/c1-5-15(6-2)10-14-9-11(3)13(14,4)8-7-12(14)15/h11-12H,5-10H2,1-4H3/q+1. The molecule has 1 heteroatoms. The van der Waals surface area contributed by atoms with Crippen LogP contribution in [0.5, 0.6) is 0 Å². The van der Waals surface area contributed by atoms with Crippen LogP contribution in [0.4, 0.5) is 0 Å². The third-order valence-electron chi connectivity index (χ3n) is 6.99. The quantitative estimate of drug-likeness (QED) is 0.612. The molecular formula is C14H26N+. The van der Waals surface area contributed by atoms with Crippen LogP contribution >= 0.6 is 0 Å². The van der Waals surface area contributed by atoms with E-state index in [2.05, 4.69) is 27.7 Å². The van der Waals surface area contributed by atoms with Gasteiger partial charge in [0.05, 0.1) is 25.0 Å². The summed E-state index contributed by atoms with van der Waals surface area (Å²) in [5.41, 5.74) is 1.52. The highest BCUT2D eigenvalue weighted by molar-refractivity contribution is 5.20. The fourth-order valence-corrected chi connectivity index (χ4v) is 5.69. The van der Waals surface area contributed by atoms with Gasteiger partial charge in [0.1, 0.15) is 6.04 Å². The Hall–Kier alpha value is -0.0400. The summed E-state index contributed by atoms with van der Waals surface area (Å²) in [6.07, 6.45) is 4.57. The fraction of sp³-hybridized carbons (Fsp3) is 1.00. The van der Waals surface area contributed by atoms with Crippen LogP contribution in [0.1, 0.15) is 47.0 Å². The lowest BCUT2D eigenvalue weighted by Gasteiger charge is -2.72. The minimum atomic E-state index is 0.726. The minimum Gasteiger partial charge on any atom is -0.320 e. The summed E-state index contributed by atoms with van der Waals surface area (Å²) in [5, 5.41) is 0. The molecule has 1 spiro atoms. The van der Waals surface area contributed by atoms with Crippen LogP contribution in [-0.4, -0.2) is 30.2 Å². The van der Waals surface area contributed by atoms with Gasteiger partial charge in [-0.2, -0.15) is 0 Å². The molecule has 1 saturated heterocycles. The van der Waals surface area contributed by atoms with Crippen LogP contribution in [0.3, 0.4) is 0 Å². The Bertz CT molecular complexity index is 294. The summed E-state index contributed by atoms with van der Waals surface area (Å²) in [6.45, 7) is 14.1. The van der Waals surface area contributed by atoms with Gasteiger partial charge in [0.2, 0.25) is 0 Å². The Morgan fingerprint density at radius 1 is 1.27 bits per heavy atom. The normalized spacial score (nSPS) is 55.2. The van der Waals surface area contributed by atoms with Crippen LogP contribution in [0.2, 0.25) is 0 Å². The third kappa shape index (κ3) is 0.800. The van der Waals surface area contributed by atoms with Crippen molar-refractivity contribution < 1.29 is 4.48 Å². The van der Waals surface area contributed by atoms with Crippen molar-refractivity contribution in [2.45, 2.75) is 53.0 Å². The molecule has 0 aromatic heterocycles. The van der Waals surface area contributed by atoms with Crippen molar-refractivity contribution in [3.05, 3.63) is 0 Å². The van der Waals surface area contributed by atoms with E-state index < -0.39 is 0 Å². The van der Waals surface area contributed by atoms with Crippen LogP contribution < -0.4 is 0 Å². The van der Waals surface area contributed by atoms with Gasteiger partial charge < -0.3 is 4.48 Å². The summed E-state index contributed by atoms with van der Waals surface area (Å²) in [6, 6.07) is 1.04. The van der Waals surface area contributed by atoms with Gasteiger partial charge in [-0.1, -0.05) is 13.8 Å². The van der Waals surface area contributed by atoms with Gasteiger partial charge in [0, 0.05) is 6.42 Å². The van der Waals surface area contributed by atoms with Gasteiger partial charge in [-0.3, -0.25) is 0 Å². The second-order valence-corrected chi connectivity index (χ2v) is 6.74. The van der Waals surface area contributed by atoms with Gasteiger partial charge in [-0.25, -0.2) is 0 Å². The molecule has 2 saturated carbocycles. The Morgan fingerprint density at radius 3 is 2.47 bits per heavy atom. The molecule has 1 nitrogen and oxygen atoms in total. The van der Waals surface area contributed by atoms with E-state index in [4.69, 9.17) is 0 Å². The first-order valence-electron chi connectivity index (χ1n) is 6.90. The molecule has 1 heterocycles. The molecule has 0 bridgehead atoms. The fourth-order valence-electron chi connectivity index (χ4n) is 5.69. The molecule has 1 aliphatic heterocycles. The van der Waals surface area contributed by atoms with Crippen molar-refractivity contribution in [1.82, 2.24) is 0 Å². The van der Waals surface area contributed by atoms with Gasteiger partial charge in [0.25, 0.3) is 0 Å². The summed E-state index contributed by atoms with van der Waals surface area (Å²) in [7, 11) is 0. The highest BCUT2D eigenvalue weighted by atomic mass is 15.5. The molecule has 0 aromatic rings. The Morgan fingerprint density at radius 2 is 1.93 bits per heavy atom. The lowest BCUT2D eigenvalue weighted by Crippen LogP contribution is -2.81.